The molecule has 0 bridgehead atoms. The lowest BCUT2D eigenvalue weighted by molar-refractivity contribution is -0.384. The maximum absolute atomic E-state index is 10.8. The molecule has 0 aliphatic carbocycles. The summed E-state index contributed by atoms with van der Waals surface area (Å²) in [7, 11) is 0. The summed E-state index contributed by atoms with van der Waals surface area (Å²) in [4.78, 5) is 10.3. The molecule has 0 atom stereocenters. The lowest BCUT2D eigenvalue weighted by Crippen LogP contribution is -1.89. The van der Waals surface area contributed by atoms with Crippen molar-refractivity contribution >= 4 is 17.3 Å². The van der Waals surface area contributed by atoms with Crippen molar-refractivity contribution < 1.29 is 4.92 Å². The fourth-order valence-electron chi connectivity index (χ4n) is 1.79. The van der Waals surface area contributed by atoms with Crippen LogP contribution in [0.1, 0.15) is 16.7 Å². The minimum atomic E-state index is -0.500. The number of rotatable bonds is 3. The molecule has 5 nitrogen and oxygen atoms in total. The summed E-state index contributed by atoms with van der Waals surface area (Å²) in [5, 5.41) is 28.7. The molecule has 0 heterocycles. The Bertz CT molecular complexity index is 794. The van der Waals surface area contributed by atoms with E-state index in [2.05, 4.69) is 0 Å². The van der Waals surface area contributed by atoms with Gasteiger partial charge in [-0.25, -0.2) is 0 Å². The van der Waals surface area contributed by atoms with E-state index in [-0.39, 0.29) is 5.69 Å². The van der Waals surface area contributed by atoms with Crippen LogP contribution < -0.4 is 0 Å². The van der Waals surface area contributed by atoms with Crippen LogP contribution in [0.25, 0.3) is 11.6 Å². The Labute approximate surface area is 121 Å². The van der Waals surface area contributed by atoms with E-state index in [1.165, 1.54) is 18.2 Å². The van der Waals surface area contributed by atoms with Crippen LogP contribution in [0.2, 0.25) is 0 Å². The van der Waals surface area contributed by atoms with E-state index < -0.39 is 4.92 Å². The van der Waals surface area contributed by atoms with Gasteiger partial charge < -0.3 is 0 Å². The molecular weight excluding hydrogens is 266 g/mol. The van der Waals surface area contributed by atoms with Gasteiger partial charge in [0.15, 0.2) is 0 Å². The van der Waals surface area contributed by atoms with Gasteiger partial charge in [-0.15, -0.1) is 0 Å². The number of hydrogen-bond acceptors (Lipinski definition) is 4. The highest BCUT2D eigenvalue weighted by molar-refractivity contribution is 5.90. The number of nitrogens with zero attached hydrogens (tertiary/aromatic N) is 3. The quantitative estimate of drug-likeness (QED) is 0.371. The average Bonchev–Trinajstić information content (AvgIpc) is 2.53. The Hall–Kier alpha value is -3.44. The van der Waals surface area contributed by atoms with Crippen molar-refractivity contribution in [3.63, 3.8) is 0 Å². The van der Waals surface area contributed by atoms with E-state index in [0.717, 1.165) is 5.56 Å². The number of non-ortho nitro benzene ring substituents is 1. The summed E-state index contributed by atoms with van der Waals surface area (Å²) in [6.07, 6.45) is 1.63. The van der Waals surface area contributed by atoms with E-state index in [0.29, 0.717) is 16.7 Å². The first-order valence-corrected chi connectivity index (χ1v) is 6.01. The predicted octanol–water partition coefficient (Wildman–Crippen LogP) is 3.53. The van der Waals surface area contributed by atoms with Gasteiger partial charge in [-0.05, 0) is 29.3 Å². The molecule has 0 saturated carbocycles. The first kappa shape index (κ1) is 14.0. The van der Waals surface area contributed by atoms with Crippen molar-refractivity contribution in [3.05, 3.63) is 75.3 Å². The highest BCUT2D eigenvalue weighted by Crippen LogP contribution is 2.22. The summed E-state index contributed by atoms with van der Waals surface area (Å²) in [6.45, 7) is 0. The molecule has 0 unspecified atom stereocenters. The first-order valence-electron chi connectivity index (χ1n) is 6.01. The van der Waals surface area contributed by atoms with Gasteiger partial charge in [-0.3, -0.25) is 10.1 Å². The van der Waals surface area contributed by atoms with Gasteiger partial charge in [0.1, 0.15) is 0 Å². The van der Waals surface area contributed by atoms with E-state index in [9.17, 15) is 15.4 Å². The fourth-order valence-corrected chi connectivity index (χ4v) is 1.79. The normalized spacial score (nSPS) is 10.5. The Balaban J connectivity index is 2.41. The lowest BCUT2D eigenvalue weighted by atomic mass is 10.0. The van der Waals surface area contributed by atoms with Crippen molar-refractivity contribution in [2.75, 3.05) is 0 Å². The topological polar surface area (TPSA) is 90.7 Å². The third kappa shape index (κ3) is 3.31. The first-order chi connectivity index (χ1) is 10.1. The Kier molecular flexibility index (Phi) is 4.09. The SMILES string of the molecule is N#CC(=Cc1ccc(C#N)cc1)c1cccc([N+](=O)[O-])c1. The van der Waals surface area contributed by atoms with Gasteiger partial charge in [0, 0.05) is 12.1 Å². The van der Waals surface area contributed by atoms with Gasteiger partial charge in [-0.2, -0.15) is 10.5 Å². The molecule has 2 rings (SSSR count). The summed E-state index contributed by atoms with van der Waals surface area (Å²) in [5.41, 5.74) is 2.02. The zero-order valence-corrected chi connectivity index (χ0v) is 10.9. The third-order valence-corrected chi connectivity index (χ3v) is 2.84. The van der Waals surface area contributed by atoms with Crippen molar-refractivity contribution in [1.29, 1.82) is 10.5 Å². The van der Waals surface area contributed by atoms with Crippen molar-refractivity contribution in [1.82, 2.24) is 0 Å². The molecule has 0 aliphatic rings. The van der Waals surface area contributed by atoms with Crippen LogP contribution in [0.4, 0.5) is 5.69 Å². The monoisotopic (exact) mass is 275 g/mol. The van der Waals surface area contributed by atoms with Crippen LogP contribution in [-0.4, -0.2) is 4.92 Å². The van der Waals surface area contributed by atoms with Crippen LogP contribution in [0.3, 0.4) is 0 Å². The van der Waals surface area contributed by atoms with Crippen LogP contribution in [0, 0.1) is 32.8 Å². The molecule has 5 heteroatoms. The van der Waals surface area contributed by atoms with Crippen LogP contribution >= 0.6 is 0 Å². The molecule has 2 aromatic carbocycles. The highest BCUT2D eigenvalue weighted by atomic mass is 16.6. The summed E-state index contributed by atoms with van der Waals surface area (Å²) in [6, 6.07) is 16.7. The summed E-state index contributed by atoms with van der Waals surface area (Å²) >= 11 is 0. The number of nitro benzene ring substituents is 1. The van der Waals surface area contributed by atoms with Crippen LogP contribution in [0.5, 0.6) is 0 Å². The molecule has 0 fully saturated rings. The molecular formula is C16H9N3O2. The van der Waals surface area contributed by atoms with Crippen LogP contribution in [-0.2, 0) is 0 Å². The van der Waals surface area contributed by atoms with Gasteiger partial charge >= 0.3 is 0 Å². The largest absolute Gasteiger partial charge is 0.270 e. The van der Waals surface area contributed by atoms with Crippen LogP contribution in [0.15, 0.2) is 48.5 Å². The van der Waals surface area contributed by atoms with E-state index >= 15 is 0 Å². The van der Waals surface area contributed by atoms with Gasteiger partial charge in [0.2, 0.25) is 0 Å². The average molecular weight is 275 g/mol. The second-order valence-corrected chi connectivity index (χ2v) is 4.21. The number of benzene rings is 2. The maximum Gasteiger partial charge on any atom is 0.270 e. The molecule has 0 amide bonds. The van der Waals surface area contributed by atoms with Gasteiger partial charge in [0.25, 0.3) is 5.69 Å². The molecule has 2 aromatic rings. The smallest absolute Gasteiger partial charge is 0.258 e. The zero-order chi connectivity index (χ0) is 15.2. The van der Waals surface area contributed by atoms with E-state index in [4.69, 9.17) is 5.26 Å². The minimum absolute atomic E-state index is 0.0616. The Morgan fingerprint density at radius 1 is 1.14 bits per heavy atom. The second-order valence-electron chi connectivity index (χ2n) is 4.21. The molecule has 0 spiro atoms. The standard InChI is InChI=1S/C16H9N3O2/c17-10-13-6-4-12(5-7-13)8-15(11-18)14-2-1-3-16(9-14)19(20)21/h1-9H. The number of nitro groups is 1. The van der Waals surface area contributed by atoms with Crippen molar-refractivity contribution in [3.8, 4) is 12.1 Å². The van der Waals surface area contributed by atoms with E-state index in [1.54, 1.807) is 36.4 Å². The number of allylic oxidation sites excluding steroid dienone is 1. The Morgan fingerprint density at radius 3 is 2.43 bits per heavy atom. The van der Waals surface area contributed by atoms with Gasteiger partial charge in [-0.1, -0.05) is 24.3 Å². The van der Waals surface area contributed by atoms with Crippen molar-refractivity contribution in [2.45, 2.75) is 0 Å². The maximum atomic E-state index is 10.8. The summed E-state index contributed by atoms with van der Waals surface area (Å²) < 4.78 is 0. The predicted molar refractivity (Wildman–Crippen MR) is 77.7 cm³/mol. The zero-order valence-electron chi connectivity index (χ0n) is 10.9. The minimum Gasteiger partial charge on any atom is -0.258 e. The molecule has 0 aliphatic heterocycles. The molecule has 21 heavy (non-hydrogen) atoms. The molecule has 0 radical (unpaired) electrons. The van der Waals surface area contributed by atoms with Crippen molar-refractivity contribution in [2.24, 2.45) is 0 Å². The molecule has 0 saturated heterocycles. The number of hydrogen-bond donors (Lipinski definition) is 0. The van der Waals surface area contributed by atoms with Gasteiger partial charge in [0.05, 0.1) is 28.2 Å². The molecule has 0 N–H and O–H groups in total. The third-order valence-electron chi connectivity index (χ3n) is 2.84. The number of nitriles is 2. The highest BCUT2D eigenvalue weighted by Gasteiger charge is 2.08. The molecule has 100 valence electrons. The summed E-state index contributed by atoms with van der Waals surface area (Å²) in [5.74, 6) is 0. The van der Waals surface area contributed by atoms with E-state index in [1.807, 2.05) is 12.1 Å². The Morgan fingerprint density at radius 2 is 1.86 bits per heavy atom. The molecule has 0 aromatic heterocycles. The lowest BCUT2D eigenvalue weighted by Gasteiger charge is -2.00. The fraction of sp³-hybridized carbons (Fsp3) is 0. The second kappa shape index (κ2) is 6.14.